The van der Waals surface area contributed by atoms with E-state index in [4.69, 9.17) is 0 Å². The van der Waals surface area contributed by atoms with E-state index in [2.05, 4.69) is 35.1 Å². The van der Waals surface area contributed by atoms with E-state index in [-0.39, 0.29) is 34.6 Å². The summed E-state index contributed by atoms with van der Waals surface area (Å²) in [6.45, 7) is 5.58. The van der Waals surface area contributed by atoms with Crippen LogP contribution < -0.4 is 21.3 Å². The van der Waals surface area contributed by atoms with Crippen molar-refractivity contribution in [1.29, 1.82) is 0 Å². The molecule has 0 spiro atoms. The van der Waals surface area contributed by atoms with E-state index in [9.17, 15) is 64.1 Å². The van der Waals surface area contributed by atoms with Crippen LogP contribution in [0.4, 0.5) is 5.69 Å². The normalized spacial score (nSPS) is 17.2. The van der Waals surface area contributed by atoms with Crippen molar-refractivity contribution in [1.82, 2.24) is 31.1 Å². The number of aliphatic carboxylic acids is 1. The van der Waals surface area contributed by atoms with Crippen LogP contribution >= 0.6 is 0 Å². The van der Waals surface area contributed by atoms with E-state index >= 15 is 0 Å². The second-order valence-corrected chi connectivity index (χ2v) is 16.7. The van der Waals surface area contributed by atoms with Crippen molar-refractivity contribution in [2.45, 2.75) is 129 Å². The van der Waals surface area contributed by atoms with E-state index in [1.54, 1.807) is 0 Å². The van der Waals surface area contributed by atoms with Crippen LogP contribution in [0.1, 0.15) is 109 Å². The average molecular weight is 898 g/mol. The fraction of sp³-hybridized carbons (Fsp3) is 0.568. The maximum atomic E-state index is 13.9. The smallest absolute Gasteiger partial charge is 0.326 e. The minimum Gasteiger partial charge on any atom is -0.507 e. The summed E-state index contributed by atoms with van der Waals surface area (Å²) in [6.07, 6.45) is 9.28. The van der Waals surface area contributed by atoms with Crippen molar-refractivity contribution < 1.29 is 58.9 Å². The Balaban J connectivity index is 1.72. The molecule has 2 aromatic rings. The fourth-order valence-corrected chi connectivity index (χ4v) is 7.30. The van der Waals surface area contributed by atoms with Crippen LogP contribution in [0.5, 0.6) is 11.5 Å². The first kappa shape index (κ1) is 52.0. The lowest BCUT2D eigenvalue weighted by atomic mass is 9.93. The first-order valence-electron chi connectivity index (χ1n) is 21.6. The number of nitrogens with zero attached hydrogens (tertiary/aromatic N) is 3. The van der Waals surface area contributed by atoms with Gasteiger partial charge < -0.3 is 51.5 Å². The molecule has 8 N–H and O–H groups in total. The molecule has 0 saturated carbocycles. The molecule has 20 heteroatoms. The number of aliphatic hydroxyl groups is 1. The molecule has 5 atom stereocenters. The molecule has 1 aliphatic rings. The first-order valence-corrected chi connectivity index (χ1v) is 21.6. The lowest BCUT2D eigenvalue weighted by molar-refractivity contribution is -0.385. The van der Waals surface area contributed by atoms with E-state index in [0.29, 0.717) is 12.3 Å². The van der Waals surface area contributed by atoms with Crippen LogP contribution in [0.25, 0.3) is 11.1 Å². The Kier molecular flexibility index (Phi) is 19.9. The van der Waals surface area contributed by atoms with Crippen LogP contribution in [-0.2, 0) is 40.0 Å². The van der Waals surface area contributed by atoms with E-state index in [1.807, 2.05) is 0 Å². The molecule has 6 amide bonds. The maximum absolute atomic E-state index is 13.9. The highest BCUT2D eigenvalue weighted by Gasteiger charge is 2.35. The van der Waals surface area contributed by atoms with Gasteiger partial charge in [-0.3, -0.25) is 38.9 Å². The van der Waals surface area contributed by atoms with Gasteiger partial charge in [-0.05, 0) is 55.5 Å². The zero-order valence-electron chi connectivity index (χ0n) is 37.3. The molecule has 1 aliphatic heterocycles. The number of nitrogens with one attached hydrogen (secondary N) is 4. The summed E-state index contributed by atoms with van der Waals surface area (Å²) >= 11 is 0. The van der Waals surface area contributed by atoms with E-state index < -0.39 is 107 Å². The van der Waals surface area contributed by atoms with Crippen LogP contribution in [-0.4, -0.2) is 128 Å². The number of carbonyl (C=O) groups is 7. The third-order valence-electron chi connectivity index (χ3n) is 11.2. The molecule has 0 radical (unpaired) electrons. The lowest BCUT2D eigenvalue weighted by Crippen LogP contribution is -2.55. The molecular weight excluding hydrogens is 835 g/mol. The van der Waals surface area contributed by atoms with Crippen molar-refractivity contribution in [2.24, 2.45) is 5.92 Å². The SMILES string of the molecule is CC(C)CCCCCCCCCCC(=O)N(C)[C@H](CO)C(=O)N[C@H](C)C(=O)NCC(=O)N(C)C1C(=O)N[C@@H](C)C(=O)NC(C(=O)O)Cc2cc(c(O)c([N+](=O)[O-])c2)-c2cc1ccc2O. The molecule has 1 heterocycles. The molecule has 3 rings (SSSR count). The molecule has 4 bridgehead atoms. The first-order chi connectivity index (χ1) is 30.2. The molecule has 20 nitrogen and oxygen atoms in total. The number of amides is 6. The maximum Gasteiger partial charge on any atom is 0.326 e. The van der Waals surface area contributed by atoms with Gasteiger partial charge in [-0.1, -0.05) is 71.3 Å². The van der Waals surface area contributed by atoms with Gasteiger partial charge >= 0.3 is 11.7 Å². The average Bonchev–Trinajstić information content (AvgIpc) is 3.23. The Hall–Kier alpha value is -6.31. The van der Waals surface area contributed by atoms with Gasteiger partial charge in [0, 0.05) is 44.1 Å². The molecule has 352 valence electrons. The zero-order chi connectivity index (χ0) is 47.8. The largest absolute Gasteiger partial charge is 0.507 e. The standard InChI is InChI=1S/C44H63N7O13/c1-25(2)15-13-11-9-7-8-10-12-14-16-36(54)49(5)34(24-52)42(59)46-26(3)40(57)45-23-37(55)50(6)38-29-17-18-35(53)30(22-29)31-19-28(21-33(39(31)56)51(63)64)20-32(44(61)62)48-41(58)27(4)47-43(38)60/h17-19,21-22,25-27,32,34,38,52-53,56H,7-16,20,23-24H2,1-6H3,(H,45,57)(H,46,59)(H,47,60)(H,48,58)(H,61,62)/t26-,27+,32?,34-,38?/m1/s1. The highest BCUT2D eigenvalue weighted by atomic mass is 16.6. The summed E-state index contributed by atoms with van der Waals surface area (Å²) in [5.74, 6) is -6.97. The topological polar surface area (TPSA) is 298 Å². The molecule has 2 unspecified atom stereocenters. The number of carbonyl (C=O) groups excluding carboxylic acids is 6. The molecular formula is C44H63N7O13. The van der Waals surface area contributed by atoms with Crippen molar-refractivity contribution in [2.75, 3.05) is 27.2 Å². The Morgan fingerprint density at radius 3 is 2.08 bits per heavy atom. The van der Waals surface area contributed by atoms with Gasteiger partial charge in [0.05, 0.1) is 18.1 Å². The second-order valence-electron chi connectivity index (χ2n) is 16.7. The third kappa shape index (κ3) is 14.6. The zero-order valence-corrected chi connectivity index (χ0v) is 37.3. The number of carboxylic acid groups (broad SMARTS) is 1. The third-order valence-corrected chi connectivity index (χ3v) is 11.2. The number of fused-ring (bicyclic) bond motifs is 5. The van der Waals surface area contributed by atoms with Gasteiger partial charge in [0.2, 0.25) is 41.2 Å². The van der Waals surface area contributed by atoms with Gasteiger partial charge in [-0.2, -0.15) is 0 Å². The number of phenolic OH excluding ortho intramolecular Hbond substituents is 2. The Labute approximate surface area is 372 Å². The number of nitro groups is 1. The minimum absolute atomic E-state index is 0.00227. The van der Waals surface area contributed by atoms with E-state index in [1.165, 1.54) is 71.8 Å². The number of unbranched alkanes of at least 4 members (excludes halogenated alkanes) is 7. The number of hydrogen-bond acceptors (Lipinski definition) is 12. The molecule has 0 saturated heterocycles. The van der Waals surface area contributed by atoms with Crippen LogP contribution in [0, 0.1) is 16.0 Å². The fourth-order valence-electron chi connectivity index (χ4n) is 7.30. The summed E-state index contributed by atoms with van der Waals surface area (Å²) in [5.41, 5.74) is -1.39. The van der Waals surface area contributed by atoms with E-state index in [0.717, 1.165) is 47.6 Å². The van der Waals surface area contributed by atoms with Gasteiger partial charge in [0.1, 0.15) is 36.0 Å². The number of hydrogen-bond donors (Lipinski definition) is 8. The predicted octanol–water partition coefficient (Wildman–Crippen LogP) is 2.80. The summed E-state index contributed by atoms with van der Waals surface area (Å²) in [6, 6.07) is -1.52. The number of nitro benzene ring substituents is 1. The molecule has 2 aromatic carbocycles. The van der Waals surface area contributed by atoms with Gasteiger partial charge in [0.15, 0.2) is 0 Å². The summed E-state index contributed by atoms with van der Waals surface area (Å²) in [4.78, 5) is 105. The predicted molar refractivity (Wildman–Crippen MR) is 234 cm³/mol. The van der Waals surface area contributed by atoms with Gasteiger partial charge in [-0.25, -0.2) is 4.79 Å². The van der Waals surface area contributed by atoms with Crippen LogP contribution in [0.3, 0.4) is 0 Å². The van der Waals surface area contributed by atoms with Crippen LogP contribution in [0.2, 0.25) is 0 Å². The summed E-state index contributed by atoms with van der Waals surface area (Å²) < 4.78 is 0. The molecule has 64 heavy (non-hydrogen) atoms. The monoisotopic (exact) mass is 897 g/mol. The van der Waals surface area contributed by atoms with Crippen molar-refractivity contribution in [3.8, 4) is 22.6 Å². The van der Waals surface area contributed by atoms with Gasteiger partial charge in [-0.15, -0.1) is 0 Å². The Morgan fingerprint density at radius 1 is 0.859 bits per heavy atom. The molecule has 0 aromatic heterocycles. The molecule has 0 fully saturated rings. The minimum atomic E-state index is -1.65. The number of phenols is 2. The number of aliphatic hydroxyl groups excluding tert-OH is 1. The summed E-state index contributed by atoms with van der Waals surface area (Å²) in [7, 11) is 2.59. The Bertz CT molecular complexity index is 2030. The lowest BCUT2D eigenvalue weighted by Gasteiger charge is -2.30. The second kappa shape index (κ2) is 24.5. The van der Waals surface area contributed by atoms with Crippen LogP contribution in [0.15, 0.2) is 30.3 Å². The molecule has 0 aliphatic carbocycles. The highest BCUT2D eigenvalue weighted by molar-refractivity contribution is 5.96. The van der Waals surface area contributed by atoms with Crippen molar-refractivity contribution >= 4 is 47.1 Å². The number of carboxylic acids is 1. The number of benzene rings is 2. The quantitative estimate of drug-likeness (QED) is 0.0509. The Morgan fingerprint density at radius 2 is 1.48 bits per heavy atom. The number of rotatable bonds is 21. The van der Waals surface area contributed by atoms with Gasteiger partial charge in [0.25, 0.3) is 0 Å². The van der Waals surface area contributed by atoms with Crippen molar-refractivity contribution in [3.63, 3.8) is 0 Å². The summed E-state index contributed by atoms with van der Waals surface area (Å²) in [5, 5.41) is 63.2. The number of aromatic hydroxyl groups is 2. The van der Waals surface area contributed by atoms with Crippen molar-refractivity contribution in [3.05, 3.63) is 51.6 Å². The highest BCUT2D eigenvalue weighted by Crippen LogP contribution is 2.43. The number of likely N-dealkylation sites (N-methyl/N-ethyl adjacent to an activating group) is 2.